The van der Waals surface area contributed by atoms with Crippen molar-refractivity contribution in [1.82, 2.24) is 4.57 Å². The molecule has 39 heavy (non-hydrogen) atoms. The Morgan fingerprint density at radius 2 is 1.13 bits per heavy atom. The molecule has 9 aromatic rings. The molecule has 0 radical (unpaired) electrons. The molecule has 3 heterocycles. The Morgan fingerprint density at radius 1 is 0.462 bits per heavy atom. The van der Waals surface area contributed by atoms with Crippen molar-refractivity contribution >= 4 is 75.3 Å². The summed E-state index contributed by atoms with van der Waals surface area (Å²) in [5, 5.41) is 7.47. The predicted molar refractivity (Wildman–Crippen MR) is 166 cm³/mol. The van der Waals surface area contributed by atoms with Gasteiger partial charge in [-0.05, 0) is 65.7 Å². The number of furan rings is 1. The fourth-order valence-corrected chi connectivity index (χ4v) is 7.39. The number of fused-ring (bicyclic) bond motifs is 9. The van der Waals surface area contributed by atoms with Crippen LogP contribution in [0.4, 0.5) is 0 Å². The van der Waals surface area contributed by atoms with E-state index in [0.717, 1.165) is 21.9 Å². The lowest BCUT2D eigenvalue weighted by Crippen LogP contribution is -1.94. The van der Waals surface area contributed by atoms with Gasteiger partial charge in [-0.15, -0.1) is 11.3 Å². The Balaban J connectivity index is 1.32. The lowest BCUT2D eigenvalue weighted by molar-refractivity contribution is 0.669. The summed E-state index contributed by atoms with van der Waals surface area (Å²) in [5.74, 6) is 0. The Bertz CT molecular complexity index is 2400. The Labute approximate surface area is 227 Å². The van der Waals surface area contributed by atoms with E-state index in [-0.39, 0.29) is 0 Å². The van der Waals surface area contributed by atoms with Gasteiger partial charge in [0.2, 0.25) is 0 Å². The molecular weight excluding hydrogens is 494 g/mol. The van der Waals surface area contributed by atoms with Crippen LogP contribution in [0.25, 0.3) is 80.7 Å². The summed E-state index contributed by atoms with van der Waals surface area (Å²) in [7, 11) is 0. The van der Waals surface area contributed by atoms with Crippen molar-refractivity contribution in [3.63, 3.8) is 0 Å². The molecule has 0 unspecified atom stereocenters. The summed E-state index contributed by atoms with van der Waals surface area (Å²) < 4.78 is 11.2. The SMILES string of the molecule is c1ccc2c(c1)oc1ccc(-c3ccc4c(c3)c3ccccc3n4-c3cccc4sc5ccccc5c34)cc12. The van der Waals surface area contributed by atoms with Crippen LogP contribution in [-0.4, -0.2) is 4.57 Å². The van der Waals surface area contributed by atoms with E-state index in [4.69, 9.17) is 4.42 Å². The van der Waals surface area contributed by atoms with Gasteiger partial charge in [-0.2, -0.15) is 0 Å². The summed E-state index contributed by atoms with van der Waals surface area (Å²) in [6.45, 7) is 0. The molecule has 0 fully saturated rings. The monoisotopic (exact) mass is 515 g/mol. The van der Waals surface area contributed by atoms with Crippen molar-refractivity contribution in [3.8, 4) is 16.8 Å². The number of benzene rings is 6. The zero-order chi connectivity index (χ0) is 25.5. The molecule has 0 N–H and O–H groups in total. The molecule has 0 saturated carbocycles. The molecule has 0 aliphatic heterocycles. The van der Waals surface area contributed by atoms with E-state index < -0.39 is 0 Å². The number of rotatable bonds is 2. The van der Waals surface area contributed by atoms with Crippen molar-refractivity contribution in [2.45, 2.75) is 0 Å². The third kappa shape index (κ3) is 2.96. The summed E-state index contributed by atoms with van der Waals surface area (Å²) >= 11 is 1.86. The van der Waals surface area contributed by atoms with Crippen molar-refractivity contribution in [1.29, 1.82) is 0 Å². The van der Waals surface area contributed by atoms with Gasteiger partial charge >= 0.3 is 0 Å². The van der Waals surface area contributed by atoms with E-state index in [1.54, 1.807) is 0 Å². The summed E-state index contributed by atoms with van der Waals surface area (Å²) in [6.07, 6.45) is 0. The van der Waals surface area contributed by atoms with Gasteiger partial charge in [0.1, 0.15) is 11.2 Å². The number of para-hydroxylation sites is 2. The minimum absolute atomic E-state index is 0.925. The van der Waals surface area contributed by atoms with Gasteiger partial charge in [0.05, 0.1) is 16.7 Å². The maximum absolute atomic E-state index is 6.08. The zero-order valence-corrected chi connectivity index (χ0v) is 21.7. The van der Waals surface area contributed by atoms with E-state index in [9.17, 15) is 0 Å². The lowest BCUT2D eigenvalue weighted by atomic mass is 10.0. The van der Waals surface area contributed by atoms with Gasteiger partial charge < -0.3 is 8.98 Å². The zero-order valence-electron chi connectivity index (χ0n) is 20.9. The molecule has 2 nitrogen and oxygen atoms in total. The number of thiophene rings is 1. The smallest absolute Gasteiger partial charge is 0.135 e. The first-order valence-corrected chi connectivity index (χ1v) is 14.0. The molecule has 182 valence electrons. The highest BCUT2D eigenvalue weighted by Gasteiger charge is 2.17. The van der Waals surface area contributed by atoms with Gasteiger partial charge in [-0.25, -0.2) is 0 Å². The summed E-state index contributed by atoms with van der Waals surface area (Å²) in [5.41, 5.74) is 7.93. The van der Waals surface area contributed by atoms with Gasteiger partial charge in [0.25, 0.3) is 0 Å². The average Bonchev–Trinajstić information content (AvgIpc) is 3.66. The van der Waals surface area contributed by atoms with Crippen LogP contribution in [0.3, 0.4) is 0 Å². The Kier molecular flexibility index (Phi) is 4.24. The molecule has 0 aliphatic carbocycles. The molecule has 6 aromatic carbocycles. The van der Waals surface area contributed by atoms with Gasteiger partial charge in [0, 0.05) is 41.7 Å². The number of hydrogen-bond donors (Lipinski definition) is 0. The van der Waals surface area contributed by atoms with E-state index in [0.29, 0.717) is 0 Å². The van der Waals surface area contributed by atoms with Crippen molar-refractivity contribution in [3.05, 3.63) is 127 Å². The Hall–Kier alpha value is -4.86. The van der Waals surface area contributed by atoms with E-state index in [1.807, 2.05) is 23.5 Å². The molecule has 0 saturated heterocycles. The average molecular weight is 516 g/mol. The van der Waals surface area contributed by atoms with Crippen molar-refractivity contribution < 1.29 is 4.42 Å². The van der Waals surface area contributed by atoms with Crippen LogP contribution in [0.2, 0.25) is 0 Å². The third-order valence-corrected chi connectivity index (χ3v) is 9.14. The standard InChI is InChI=1S/C36H21NOS/c1-4-11-29-24(8-1)27-20-22(23-17-19-33-28(21-23)25-9-2-5-13-32(25)38-33)16-18-30(27)37(29)31-12-7-15-35-36(31)26-10-3-6-14-34(26)39-35/h1-21H. The third-order valence-electron chi connectivity index (χ3n) is 8.00. The number of aromatic nitrogens is 1. The fraction of sp³-hybridized carbons (Fsp3) is 0. The van der Waals surface area contributed by atoms with Crippen LogP contribution in [0.1, 0.15) is 0 Å². The van der Waals surface area contributed by atoms with Crippen LogP contribution in [0.5, 0.6) is 0 Å². The second kappa shape index (κ2) is 7.83. The first-order valence-electron chi connectivity index (χ1n) is 13.2. The minimum atomic E-state index is 0.925. The van der Waals surface area contributed by atoms with Gasteiger partial charge in [-0.1, -0.05) is 72.8 Å². The van der Waals surface area contributed by atoms with Crippen LogP contribution in [0.15, 0.2) is 132 Å². The summed E-state index contributed by atoms with van der Waals surface area (Å²) in [6, 6.07) is 45.9. The van der Waals surface area contributed by atoms with Crippen LogP contribution < -0.4 is 0 Å². The molecule has 3 heteroatoms. The quantitative estimate of drug-likeness (QED) is 0.224. The molecule has 0 amide bonds. The minimum Gasteiger partial charge on any atom is -0.456 e. The maximum atomic E-state index is 6.08. The van der Waals surface area contributed by atoms with Gasteiger partial charge in [-0.3, -0.25) is 0 Å². The topological polar surface area (TPSA) is 18.1 Å². The van der Waals surface area contributed by atoms with Crippen LogP contribution in [0, 0.1) is 0 Å². The van der Waals surface area contributed by atoms with E-state index in [2.05, 4.69) is 120 Å². The predicted octanol–water partition coefficient (Wildman–Crippen LogP) is 10.7. The lowest BCUT2D eigenvalue weighted by Gasteiger charge is -2.10. The largest absolute Gasteiger partial charge is 0.456 e. The first kappa shape index (κ1) is 21.1. The number of nitrogens with zero attached hydrogens (tertiary/aromatic N) is 1. The summed E-state index contributed by atoms with van der Waals surface area (Å²) in [4.78, 5) is 0. The first-order chi connectivity index (χ1) is 19.3. The molecule has 0 aliphatic rings. The van der Waals surface area contributed by atoms with Crippen molar-refractivity contribution in [2.75, 3.05) is 0 Å². The maximum Gasteiger partial charge on any atom is 0.135 e. The Morgan fingerprint density at radius 3 is 2.05 bits per heavy atom. The molecule has 3 aromatic heterocycles. The molecular formula is C36H21NOS. The van der Waals surface area contributed by atoms with E-state index in [1.165, 1.54) is 58.8 Å². The second-order valence-electron chi connectivity index (χ2n) is 10.1. The highest BCUT2D eigenvalue weighted by Crippen LogP contribution is 2.42. The van der Waals surface area contributed by atoms with Gasteiger partial charge in [0.15, 0.2) is 0 Å². The number of hydrogen-bond acceptors (Lipinski definition) is 2. The van der Waals surface area contributed by atoms with Crippen molar-refractivity contribution in [2.24, 2.45) is 0 Å². The fourth-order valence-electron chi connectivity index (χ4n) is 6.26. The molecule has 0 bridgehead atoms. The van der Waals surface area contributed by atoms with E-state index >= 15 is 0 Å². The molecule has 0 atom stereocenters. The second-order valence-corrected chi connectivity index (χ2v) is 11.2. The molecule has 9 rings (SSSR count). The molecule has 0 spiro atoms. The van der Waals surface area contributed by atoms with Crippen LogP contribution in [-0.2, 0) is 0 Å². The highest BCUT2D eigenvalue weighted by atomic mass is 32.1. The highest BCUT2D eigenvalue weighted by molar-refractivity contribution is 7.25. The van der Waals surface area contributed by atoms with Crippen LogP contribution >= 0.6 is 11.3 Å². The normalized spacial score (nSPS) is 12.1.